The number of benzene rings is 1. The fourth-order valence-corrected chi connectivity index (χ4v) is 2.06. The van der Waals surface area contributed by atoms with Crippen molar-refractivity contribution < 1.29 is 14.1 Å². The average Bonchev–Trinajstić information content (AvgIpc) is 2.78. The van der Waals surface area contributed by atoms with E-state index in [1.54, 1.807) is 38.1 Å². The van der Waals surface area contributed by atoms with Crippen molar-refractivity contribution in [1.82, 2.24) is 5.16 Å². The van der Waals surface area contributed by atoms with E-state index in [0.717, 1.165) is 0 Å². The molecule has 104 valence electrons. The number of aryl methyl sites for hydroxylation is 2. The molecule has 6 heteroatoms. The number of nitrogens with zero attached hydrogens (tertiary/aromatic N) is 1. The van der Waals surface area contributed by atoms with Gasteiger partial charge in [0.1, 0.15) is 5.76 Å². The summed E-state index contributed by atoms with van der Waals surface area (Å²) in [7, 11) is 0. The molecule has 0 aliphatic rings. The Morgan fingerprint density at radius 1 is 1.30 bits per heavy atom. The van der Waals surface area contributed by atoms with E-state index in [4.69, 9.17) is 4.52 Å². The molecule has 0 spiro atoms. The van der Waals surface area contributed by atoms with Crippen LogP contribution in [-0.4, -0.2) is 22.2 Å². The van der Waals surface area contributed by atoms with E-state index in [9.17, 15) is 9.59 Å². The minimum Gasteiger partial charge on any atom is -0.361 e. The van der Waals surface area contributed by atoms with Crippen LogP contribution in [-0.2, 0) is 4.79 Å². The van der Waals surface area contributed by atoms with Crippen LogP contribution in [0.5, 0.6) is 0 Å². The van der Waals surface area contributed by atoms with Crippen LogP contribution in [0.1, 0.15) is 27.4 Å². The number of hydrogen-bond acceptors (Lipinski definition) is 4. The minimum absolute atomic E-state index is 0.168. The van der Waals surface area contributed by atoms with Crippen LogP contribution >= 0.6 is 15.9 Å². The molecule has 0 atom stereocenters. The molecule has 0 saturated heterocycles. The topological polar surface area (TPSA) is 72.2 Å². The van der Waals surface area contributed by atoms with Crippen LogP contribution < -0.4 is 5.32 Å². The molecule has 2 rings (SSSR count). The first-order valence-electron chi connectivity index (χ1n) is 5.97. The molecular formula is C14H13BrN2O3. The van der Waals surface area contributed by atoms with E-state index < -0.39 is 0 Å². The molecular weight excluding hydrogens is 324 g/mol. The van der Waals surface area contributed by atoms with Gasteiger partial charge in [0.2, 0.25) is 11.7 Å². The number of hydrogen-bond donors (Lipinski definition) is 1. The molecule has 0 aliphatic carbocycles. The second kappa shape index (κ2) is 6.00. The van der Waals surface area contributed by atoms with Crippen LogP contribution in [0.15, 0.2) is 28.8 Å². The Labute approximate surface area is 124 Å². The van der Waals surface area contributed by atoms with E-state index in [1.165, 1.54) is 0 Å². The zero-order chi connectivity index (χ0) is 14.7. The van der Waals surface area contributed by atoms with E-state index in [1.807, 2.05) is 0 Å². The van der Waals surface area contributed by atoms with Gasteiger partial charge in [0, 0.05) is 5.56 Å². The zero-order valence-electron chi connectivity index (χ0n) is 11.1. The lowest BCUT2D eigenvalue weighted by Gasteiger charge is -2.09. The normalized spacial score (nSPS) is 10.3. The van der Waals surface area contributed by atoms with Crippen molar-refractivity contribution in [3.63, 3.8) is 0 Å². The summed E-state index contributed by atoms with van der Waals surface area (Å²) < 4.78 is 5.01. The van der Waals surface area contributed by atoms with Gasteiger partial charge in [0.15, 0.2) is 0 Å². The highest BCUT2D eigenvalue weighted by molar-refractivity contribution is 9.09. The number of alkyl halides is 1. The second-order valence-corrected chi connectivity index (χ2v) is 4.82. The summed E-state index contributed by atoms with van der Waals surface area (Å²) in [6.07, 6.45) is 0. The monoisotopic (exact) mass is 336 g/mol. The molecule has 0 saturated carbocycles. The van der Waals surface area contributed by atoms with Crippen molar-refractivity contribution in [2.24, 2.45) is 0 Å². The number of aromatic nitrogens is 1. The van der Waals surface area contributed by atoms with Gasteiger partial charge in [-0.2, -0.15) is 0 Å². The van der Waals surface area contributed by atoms with Gasteiger partial charge in [-0.15, -0.1) is 0 Å². The molecule has 0 bridgehead atoms. The van der Waals surface area contributed by atoms with Crippen molar-refractivity contribution in [3.05, 3.63) is 46.8 Å². The van der Waals surface area contributed by atoms with Crippen LogP contribution in [0.2, 0.25) is 0 Å². The van der Waals surface area contributed by atoms with Gasteiger partial charge in [-0.05, 0) is 26.0 Å². The molecule has 0 unspecified atom stereocenters. The number of carbonyl (C=O) groups is 2. The highest BCUT2D eigenvalue weighted by atomic mass is 79.9. The number of halogens is 1. The SMILES string of the molecule is Cc1noc(C)c1C(=O)c1ccccc1NC(=O)CBr. The summed E-state index contributed by atoms with van der Waals surface area (Å²) in [5, 5.41) is 6.63. The molecule has 2 aromatic rings. The molecule has 1 amide bonds. The largest absolute Gasteiger partial charge is 0.361 e. The summed E-state index contributed by atoms with van der Waals surface area (Å²) in [5.41, 5.74) is 1.86. The molecule has 5 nitrogen and oxygen atoms in total. The highest BCUT2D eigenvalue weighted by Gasteiger charge is 2.21. The number of ketones is 1. The third-order valence-electron chi connectivity index (χ3n) is 2.83. The Bertz CT molecular complexity index is 645. The number of nitrogens with one attached hydrogen (secondary N) is 1. The minimum atomic E-state index is -0.219. The van der Waals surface area contributed by atoms with E-state index in [-0.39, 0.29) is 17.0 Å². The summed E-state index contributed by atoms with van der Waals surface area (Å²) in [6, 6.07) is 6.85. The highest BCUT2D eigenvalue weighted by Crippen LogP contribution is 2.23. The van der Waals surface area contributed by atoms with Crippen LogP contribution in [0.3, 0.4) is 0 Å². The average molecular weight is 337 g/mol. The maximum absolute atomic E-state index is 12.6. The van der Waals surface area contributed by atoms with E-state index >= 15 is 0 Å². The maximum atomic E-state index is 12.6. The van der Waals surface area contributed by atoms with E-state index in [2.05, 4.69) is 26.4 Å². The molecule has 1 N–H and O–H groups in total. The van der Waals surface area contributed by atoms with Gasteiger partial charge in [0.05, 0.1) is 22.3 Å². The Morgan fingerprint density at radius 2 is 2.00 bits per heavy atom. The van der Waals surface area contributed by atoms with Crippen LogP contribution in [0, 0.1) is 13.8 Å². The summed E-state index contributed by atoms with van der Waals surface area (Å²) >= 11 is 3.07. The smallest absolute Gasteiger partial charge is 0.235 e. The lowest BCUT2D eigenvalue weighted by molar-refractivity contribution is -0.113. The lowest BCUT2D eigenvalue weighted by Crippen LogP contribution is -2.16. The third-order valence-corrected chi connectivity index (χ3v) is 3.34. The number of carbonyl (C=O) groups excluding carboxylic acids is 2. The fourth-order valence-electron chi connectivity index (χ4n) is 1.92. The first kappa shape index (κ1) is 14.5. The van der Waals surface area contributed by atoms with Gasteiger partial charge < -0.3 is 9.84 Å². The molecule has 1 aromatic heterocycles. The Kier molecular flexibility index (Phi) is 4.34. The van der Waals surface area contributed by atoms with Gasteiger partial charge in [-0.3, -0.25) is 9.59 Å². The van der Waals surface area contributed by atoms with Gasteiger partial charge in [-0.1, -0.05) is 33.2 Å². The fraction of sp³-hybridized carbons (Fsp3) is 0.214. The molecule has 0 radical (unpaired) electrons. The summed E-state index contributed by atoms with van der Waals surface area (Å²) in [5.74, 6) is 0.0323. The Balaban J connectivity index is 2.43. The molecule has 0 aliphatic heterocycles. The summed E-state index contributed by atoms with van der Waals surface area (Å²) in [4.78, 5) is 24.1. The van der Waals surface area contributed by atoms with Crippen molar-refractivity contribution in [1.29, 1.82) is 0 Å². The number of anilines is 1. The van der Waals surface area contributed by atoms with Crippen LogP contribution in [0.25, 0.3) is 0 Å². The Morgan fingerprint density at radius 3 is 2.60 bits per heavy atom. The molecule has 1 aromatic carbocycles. The Hall–Kier alpha value is -1.95. The quantitative estimate of drug-likeness (QED) is 0.688. The zero-order valence-corrected chi connectivity index (χ0v) is 12.7. The van der Waals surface area contributed by atoms with Crippen LogP contribution in [0.4, 0.5) is 5.69 Å². The predicted molar refractivity (Wildman–Crippen MR) is 78.3 cm³/mol. The van der Waals surface area contributed by atoms with Crippen molar-refractivity contribution in [2.75, 3.05) is 10.6 Å². The van der Waals surface area contributed by atoms with Crippen molar-refractivity contribution in [3.8, 4) is 0 Å². The number of rotatable bonds is 4. The third kappa shape index (κ3) is 2.80. The van der Waals surface area contributed by atoms with Crippen molar-refractivity contribution >= 4 is 33.3 Å². The first-order chi connectivity index (χ1) is 9.54. The van der Waals surface area contributed by atoms with Crippen molar-refractivity contribution in [2.45, 2.75) is 13.8 Å². The number of amides is 1. The molecule has 0 fully saturated rings. The maximum Gasteiger partial charge on any atom is 0.235 e. The first-order valence-corrected chi connectivity index (χ1v) is 7.09. The van der Waals surface area contributed by atoms with E-state index in [0.29, 0.717) is 28.3 Å². The lowest BCUT2D eigenvalue weighted by atomic mass is 10.0. The van der Waals surface area contributed by atoms with Gasteiger partial charge in [0.25, 0.3) is 0 Å². The standard InChI is InChI=1S/C14H13BrN2O3/c1-8-13(9(2)20-17-8)14(19)10-5-3-4-6-11(10)16-12(18)7-15/h3-6H,7H2,1-2H3,(H,16,18). The second-order valence-electron chi connectivity index (χ2n) is 4.26. The van der Waals surface area contributed by atoms with Gasteiger partial charge >= 0.3 is 0 Å². The molecule has 1 heterocycles. The summed E-state index contributed by atoms with van der Waals surface area (Å²) in [6.45, 7) is 3.40. The predicted octanol–water partition coefficient (Wildman–Crippen LogP) is 2.86. The van der Waals surface area contributed by atoms with Gasteiger partial charge in [-0.25, -0.2) is 0 Å². The molecule has 20 heavy (non-hydrogen) atoms. The number of para-hydroxylation sites is 1.